The van der Waals surface area contributed by atoms with Crippen molar-refractivity contribution in [3.8, 4) is 0 Å². The Kier molecular flexibility index (Phi) is 41.6. The Balaban J connectivity index is -0.000000318. The summed E-state index contributed by atoms with van der Waals surface area (Å²) in [5.74, 6) is 0. The van der Waals surface area contributed by atoms with E-state index in [0.717, 1.165) is 22.6 Å². The van der Waals surface area contributed by atoms with Gasteiger partial charge in [0.25, 0.3) is 6.47 Å². The van der Waals surface area contributed by atoms with Crippen LogP contribution in [0, 0.1) is 0 Å². The van der Waals surface area contributed by atoms with Crippen LogP contribution >= 0.6 is 11.9 Å². The first-order valence-electron chi connectivity index (χ1n) is 10.1. The molecule has 7 nitrogen and oxygen atoms in total. The summed E-state index contributed by atoms with van der Waals surface area (Å²) < 4.78 is 11.8. The van der Waals surface area contributed by atoms with Crippen molar-refractivity contribution in [2.24, 2.45) is 5.16 Å². The molecule has 0 aliphatic heterocycles. The van der Waals surface area contributed by atoms with Crippen molar-refractivity contribution < 1.29 is 24.2 Å². The highest BCUT2D eigenvalue weighted by Crippen LogP contribution is 2.12. The lowest BCUT2D eigenvalue weighted by atomic mass is 10.1. The lowest BCUT2D eigenvalue weighted by Crippen LogP contribution is -2.08. The first-order valence-corrected chi connectivity index (χ1v) is 11.0. The minimum absolute atomic E-state index is 0.107. The second-order valence-electron chi connectivity index (χ2n) is 5.16. The summed E-state index contributed by atoms with van der Waals surface area (Å²) in [6.45, 7) is 18.2. The maximum atomic E-state index is 8.95. The molecule has 0 heterocycles. The number of ether oxygens (including phenoxy) is 2. The Hall–Kier alpha value is -1.61. The molecule has 0 rings (SSSR count). The van der Waals surface area contributed by atoms with Crippen LogP contribution in [0.2, 0.25) is 0 Å². The van der Waals surface area contributed by atoms with Crippen molar-refractivity contribution in [2.45, 2.75) is 54.4 Å². The zero-order valence-corrected chi connectivity index (χ0v) is 21.0. The van der Waals surface area contributed by atoms with Gasteiger partial charge in [-0.05, 0) is 37.4 Å². The average molecular weight is 449 g/mol. The van der Waals surface area contributed by atoms with Crippen molar-refractivity contribution in [1.82, 2.24) is 4.72 Å². The minimum Gasteiger partial charge on any atom is -0.471 e. The normalized spacial score (nSPS) is 10.6. The number of hydrogen-bond acceptors (Lipinski definition) is 8. The smallest absolute Gasteiger partial charge is 0.292 e. The molecule has 0 aromatic heterocycles. The molecule has 0 radical (unpaired) electrons. The molecule has 0 aliphatic carbocycles. The molecule has 178 valence electrons. The van der Waals surface area contributed by atoms with Crippen LogP contribution in [0.4, 0.5) is 0 Å². The Morgan fingerprint density at radius 1 is 1.20 bits per heavy atom. The van der Waals surface area contributed by atoms with Gasteiger partial charge in [0.2, 0.25) is 0 Å². The van der Waals surface area contributed by atoms with Crippen LogP contribution in [0.25, 0.3) is 0 Å². The molecular formula is C22H44N2O5S. The second kappa shape index (κ2) is 34.9. The Morgan fingerprint density at radius 2 is 1.77 bits per heavy atom. The number of hydrogen-bond donors (Lipinski definition) is 2. The van der Waals surface area contributed by atoms with Crippen LogP contribution in [-0.2, 0) is 19.1 Å². The van der Waals surface area contributed by atoms with Gasteiger partial charge in [-0.2, -0.15) is 0 Å². The van der Waals surface area contributed by atoms with Gasteiger partial charge in [0, 0.05) is 31.6 Å². The summed E-state index contributed by atoms with van der Waals surface area (Å²) >= 11 is 1.39. The van der Waals surface area contributed by atoms with Crippen molar-refractivity contribution in [3.05, 3.63) is 35.3 Å². The monoisotopic (exact) mass is 448 g/mol. The van der Waals surface area contributed by atoms with Gasteiger partial charge >= 0.3 is 0 Å². The van der Waals surface area contributed by atoms with Crippen LogP contribution in [0.3, 0.4) is 0 Å². The highest BCUT2D eigenvalue weighted by atomic mass is 32.2. The maximum absolute atomic E-state index is 8.95. The first kappa shape index (κ1) is 35.8. The first-order chi connectivity index (χ1) is 14.5. The van der Waals surface area contributed by atoms with Crippen LogP contribution in [0.15, 0.2) is 40.4 Å². The van der Waals surface area contributed by atoms with Gasteiger partial charge in [0.1, 0.15) is 6.61 Å². The molecule has 2 N–H and O–H groups in total. The van der Waals surface area contributed by atoms with Crippen molar-refractivity contribution in [3.63, 3.8) is 0 Å². The molecule has 0 aromatic carbocycles. The molecule has 0 atom stereocenters. The summed E-state index contributed by atoms with van der Waals surface area (Å²) in [5.41, 5.74) is 1.79. The predicted molar refractivity (Wildman–Crippen MR) is 131 cm³/mol. The van der Waals surface area contributed by atoms with E-state index in [2.05, 4.69) is 35.0 Å². The third kappa shape index (κ3) is 33.9. The third-order valence-corrected chi connectivity index (χ3v) is 3.22. The van der Waals surface area contributed by atoms with E-state index in [1.165, 1.54) is 25.5 Å². The molecule has 0 saturated heterocycles. The van der Waals surface area contributed by atoms with E-state index >= 15 is 0 Å². The number of nitrogens with zero attached hydrogens (tertiary/aromatic N) is 1. The van der Waals surface area contributed by atoms with E-state index in [1.54, 1.807) is 7.11 Å². The summed E-state index contributed by atoms with van der Waals surface area (Å²) in [6.07, 6.45) is 7.87. The molecule has 30 heavy (non-hydrogen) atoms. The number of nitrogens with one attached hydrogen (secondary N) is 1. The van der Waals surface area contributed by atoms with Gasteiger partial charge in [0.05, 0.1) is 19.4 Å². The molecule has 0 aromatic rings. The van der Waals surface area contributed by atoms with E-state index in [0.29, 0.717) is 26.2 Å². The van der Waals surface area contributed by atoms with Crippen LogP contribution in [0.1, 0.15) is 54.4 Å². The third-order valence-electron chi connectivity index (χ3n) is 2.48. The second-order valence-corrected chi connectivity index (χ2v) is 6.18. The number of oxime groups is 1. The molecule has 0 spiro atoms. The number of rotatable bonds is 13. The van der Waals surface area contributed by atoms with E-state index < -0.39 is 0 Å². The Bertz CT molecular complexity index is 453. The topological polar surface area (TPSA) is 89.4 Å². The van der Waals surface area contributed by atoms with Gasteiger partial charge in [-0.15, -0.1) is 0 Å². The SMILES string of the molecule is C=C(\C=C/C(=C\C)C(/C)=N\OCCCOC)SNCCO.CC.CCC.COC=O. The number of aliphatic hydroxyl groups excluding tert-OH is 1. The number of carbonyl (C=O) groups is 1. The molecule has 0 bridgehead atoms. The van der Waals surface area contributed by atoms with E-state index in [-0.39, 0.29) is 6.61 Å². The van der Waals surface area contributed by atoms with Crippen LogP contribution in [0.5, 0.6) is 0 Å². The highest BCUT2D eigenvalue weighted by molar-refractivity contribution is 8.01. The van der Waals surface area contributed by atoms with Gasteiger partial charge in [-0.25, -0.2) is 0 Å². The van der Waals surface area contributed by atoms with Crippen LogP contribution in [-0.4, -0.2) is 57.9 Å². The lowest BCUT2D eigenvalue weighted by molar-refractivity contribution is -0.126. The Morgan fingerprint density at radius 3 is 2.20 bits per heavy atom. The van der Waals surface area contributed by atoms with Gasteiger partial charge in [0.15, 0.2) is 0 Å². The summed E-state index contributed by atoms with van der Waals surface area (Å²) in [6, 6.07) is 0. The Labute approximate surface area is 188 Å². The van der Waals surface area contributed by atoms with E-state index in [1.807, 2.05) is 45.9 Å². The fourth-order valence-electron chi connectivity index (χ4n) is 1.29. The largest absolute Gasteiger partial charge is 0.471 e. The summed E-state index contributed by atoms with van der Waals surface area (Å²) in [5, 5.41) is 12.8. The minimum atomic E-state index is 0.107. The number of allylic oxidation sites excluding steroid dienone is 4. The zero-order chi connectivity index (χ0) is 24.0. The predicted octanol–water partition coefficient (Wildman–Crippen LogP) is 4.89. The van der Waals surface area contributed by atoms with Crippen molar-refractivity contribution in [1.29, 1.82) is 0 Å². The molecule has 0 amide bonds. The number of carbonyl (C=O) groups excluding carboxylic acids is 1. The van der Waals surface area contributed by atoms with Crippen molar-refractivity contribution in [2.75, 3.05) is 40.6 Å². The maximum Gasteiger partial charge on any atom is 0.292 e. The van der Waals surface area contributed by atoms with E-state index in [9.17, 15) is 0 Å². The van der Waals surface area contributed by atoms with E-state index in [4.69, 9.17) is 19.5 Å². The fourth-order valence-corrected chi connectivity index (χ4v) is 1.81. The molecule has 0 fully saturated rings. The molecule has 0 unspecified atom stereocenters. The highest BCUT2D eigenvalue weighted by Gasteiger charge is 1.98. The van der Waals surface area contributed by atoms with Crippen LogP contribution < -0.4 is 4.72 Å². The van der Waals surface area contributed by atoms with Gasteiger partial charge in [-0.3, -0.25) is 9.52 Å². The standard InChI is InChI=1S/C15H26N2O3S.C3H8.C2H4O2.C2H6/c1-5-15(8-7-13(2)21-16-9-10-18)14(3)17-20-12-6-11-19-4;1-3-2;1-4-2-3;1-2/h5,7-8,16,18H,2,6,9-12H2,1,3-4H3;3H2,1-2H3;2H,1H3;1-2H3/b8-7-,15-5+,17-14-;;;. The number of aliphatic hydroxyl groups is 1. The molecule has 0 saturated carbocycles. The quantitative estimate of drug-likeness (QED) is 0.103. The summed E-state index contributed by atoms with van der Waals surface area (Å²) in [4.78, 5) is 15.0. The van der Waals surface area contributed by atoms with Gasteiger partial charge in [-0.1, -0.05) is 58.0 Å². The average Bonchev–Trinajstić information content (AvgIpc) is 2.76. The lowest BCUT2D eigenvalue weighted by Gasteiger charge is -2.04. The van der Waals surface area contributed by atoms with Gasteiger partial charge < -0.3 is 19.4 Å². The summed E-state index contributed by atoms with van der Waals surface area (Å²) in [7, 11) is 2.98. The zero-order valence-electron chi connectivity index (χ0n) is 20.2. The molecule has 0 aliphatic rings. The molecular weight excluding hydrogens is 404 g/mol. The number of methoxy groups -OCH3 is 2. The fraction of sp³-hybridized carbons (Fsp3) is 0.636. The van der Waals surface area contributed by atoms with Crippen molar-refractivity contribution >= 4 is 24.1 Å². The molecule has 8 heteroatoms.